The van der Waals surface area contributed by atoms with Crippen molar-refractivity contribution >= 4 is 11.8 Å². The van der Waals surface area contributed by atoms with Crippen molar-refractivity contribution in [3.8, 4) is 5.88 Å². The number of pyridine rings is 1. The van der Waals surface area contributed by atoms with E-state index in [2.05, 4.69) is 10.3 Å². The number of methoxy groups -OCH3 is 1. The minimum Gasteiger partial charge on any atom is -0.481 e. The van der Waals surface area contributed by atoms with Crippen LogP contribution >= 0.6 is 0 Å². The van der Waals surface area contributed by atoms with Gasteiger partial charge in [0.05, 0.1) is 19.0 Å². The third-order valence-corrected chi connectivity index (χ3v) is 3.81. The van der Waals surface area contributed by atoms with Crippen molar-refractivity contribution in [1.29, 1.82) is 0 Å². The first-order chi connectivity index (χ1) is 10.9. The zero-order valence-corrected chi connectivity index (χ0v) is 14.5. The lowest BCUT2D eigenvalue weighted by atomic mass is 9.97. The summed E-state index contributed by atoms with van der Waals surface area (Å²) in [6.45, 7) is 8.07. The molecule has 1 aliphatic rings. The molecule has 1 aromatic rings. The van der Waals surface area contributed by atoms with Crippen molar-refractivity contribution in [2.45, 2.75) is 39.2 Å². The first kappa shape index (κ1) is 17.4. The quantitative estimate of drug-likeness (QED) is 0.923. The van der Waals surface area contributed by atoms with E-state index in [-0.39, 0.29) is 6.09 Å². The molecule has 0 atom stereocenters. The second-order valence-corrected chi connectivity index (χ2v) is 6.88. The minimum atomic E-state index is -0.434. The van der Waals surface area contributed by atoms with Gasteiger partial charge in [0.15, 0.2) is 0 Å². The van der Waals surface area contributed by atoms with Gasteiger partial charge in [-0.25, -0.2) is 9.78 Å². The number of aromatic nitrogens is 1. The van der Waals surface area contributed by atoms with Gasteiger partial charge in [-0.1, -0.05) is 0 Å². The van der Waals surface area contributed by atoms with E-state index in [0.29, 0.717) is 11.8 Å². The molecule has 1 fully saturated rings. The molecule has 6 heteroatoms. The summed E-state index contributed by atoms with van der Waals surface area (Å²) >= 11 is 0. The first-order valence-corrected chi connectivity index (χ1v) is 8.09. The van der Waals surface area contributed by atoms with Crippen molar-refractivity contribution < 1.29 is 14.3 Å². The van der Waals surface area contributed by atoms with Crippen LogP contribution in [0.2, 0.25) is 0 Å². The lowest BCUT2D eigenvalue weighted by Crippen LogP contribution is -2.42. The third kappa shape index (κ3) is 5.62. The molecule has 1 amide bonds. The lowest BCUT2D eigenvalue weighted by Gasteiger charge is -2.33. The largest absolute Gasteiger partial charge is 0.481 e. The second kappa shape index (κ2) is 7.53. The SMILES string of the molecule is COc1ccc(NCC2CCN(C(=O)OC(C)(C)C)CC2)cn1. The van der Waals surface area contributed by atoms with Crippen molar-refractivity contribution in [3.63, 3.8) is 0 Å². The number of carbonyl (C=O) groups is 1. The smallest absolute Gasteiger partial charge is 0.410 e. The fourth-order valence-corrected chi connectivity index (χ4v) is 2.51. The number of hydrogen-bond donors (Lipinski definition) is 1. The molecule has 128 valence electrons. The van der Waals surface area contributed by atoms with Crippen LogP contribution in [0, 0.1) is 5.92 Å². The van der Waals surface area contributed by atoms with Crippen LogP contribution in [0.3, 0.4) is 0 Å². The molecule has 1 N–H and O–H groups in total. The number of hydrogen-bond acceptors (Lipinski definition) is 5. The van der Waals surface area contributed by atoms with E-state index in [1.165, 1.54) is 0 Å². The van der Waals surface area contributed by atoms with Crippen LogP contribution in [0.4, 0.5) is 10.5 Å². The Balaban J connectivity index is 1.73. The molecule has 1 aromatic heterocycles. The zero-order chi connectivity index (χ0) is 16.9. The van der Waals surface area contributed by atoms with Crippen molar-refractivity contribution in [1.82, 2.24) is 9.88 Å². The fourth-order valence-electron chi connectivity index (χ4n) is 2.51. The Kier molecular flexibility index (Phi) is 5.69. The molecular formula is C17H27N3O3. The molecule has 0 bridgehead atoms. The molecule has 0 spiro atoms. The molecule has 0 unspecified atom stereocenters. The van der Waals surface area contributed by atoms with Crippen LogP contribution in [-0.4, -0.2) is 48.3 Å². The monoisotopic (exact) mass is 321 g/mol. The summed E-state index contributed by atoms with van der Waals surface area (Å²) in [4.78, 5) is 18.0. The zero-order valence-electron chi connectivity index (χ0n) is 14.5. The van der Waals surface area contributed by atoms with Crippen molar-refractivity contribution in [3.05, 3.63) is 18.3 Å². The topological polar surface area (TPSA) is 63.7 Å². The normalized spacial score (nSPS) is 16.1. The number of rotatable bonds is 4. The Bertz CT molecular complexity index is 503. The molecule has 0 aliphatic carbocycles. The van der Waals surface area contributed by atoms with Gasteiger partial charge in [-0.2, -0.15) is 0 Å². The highest BCUT2D eigenvalue weighted by atomic mass is 16.6. The van der Waals surface area contributed by atoms with Crippen LogP contribution in [0.25, 0.3) is 0 Å². The fraction of sp³-hybridized carbons (Fsp3) is 0.647. The van der Waals surface area contributed by atoms with Gasteiger partial charge in [0.25, 0.3) is 0 Å². The first-order valence-electron chi connectivity index (χ1n) is 8.09. The van der Waals surface area contributed by atoms with E-state index in [0.717, 1.165) is 38.2 Å². The molecule has 6 nitrogen and oxygen atoms in total. The van der Waals surface area contributed by atoms with E-state index >= 15 is 0 Å². The predicted octanol–water partition coefficient (Wildman–Crippen LogP) is 3.15. The summed E-state index contributed by atoms with van der Waals surface area (Å²) < 4.78 is 10.5. The molecule has 0 aromatic carbocycles. The van der Waals surface area contributed by atoms with Crippen molar-refractivity contribution in [2.24, 2.45) is 5.92 Å². The van der Waals surface area contributed by atoms with Gasteiger partial charge in [-0.05, 0) is 45.6 Å². The Morgan fingerprint density at radius 1 is 1.35 bits per heavy atom. The standard InChI is InChI=1S/C17H27N3O3/c1-17(2,3)23-16(21)20-9-7-13(8-10-20)11-18-14-5-6-15(22-4)19-12-14/h5-6,12-13,18H,7-11H2,1-4H3. The van der Waals surface area contributed by atoms with E-state index in [4.69, 9.17) is 9.47 Å². The summed E-state index contributed by atoms with van der Waals surface area (Å²) in [7, 11) is 1.61. The van der Waals surface area contributed by atoms with Gasteiger partial charge in [0.1, 0.15) is 5.60 Å². The highest BCUT2D eigenvalue weighted by molar-refractivity contribution is 5.68. The number of nitrogens with one attached hydrogen (secondary N) is 1. The highest BCUT2D eigenvalue weighted by Crippen LogP contribution is 2.20. The number of likely N-dealkylation sites (tertiary alicyclic amines) is 1. The van der Waals surface area contributed by atoms with Gasteiger partial charge in [0.2, 0.25) is 5.88 Å². The Hall–Kier alpha value is -1.98. The van der Waals surface area contributed by atoms with Crippen LogP contribution in [-0.2, 0) is 4.74 Å². The average molecular weight is 321 g/mol. The number of amides is 1. The molecule has 0 radical (unpaired) electrons. The number of carbonyl (C=O) groups excluding carboxylic acids is 1. The number of anilines is 1. The van der Waals surface area contributed by atoms with Crippen molar-refractivity contribution in [2.75, 3.05) is 32.1 Å². The minimum absolute atomic E-state index is 0.205. The third-order valence-electron chi connectivity index (χ3n) is 3.81. The summed E-state index contributed by atoms with van der Waals surface area (Å²) in [6, 6.07) is 3.80. The average Bonchev–Trinajstić information content (AvgIpc) is 2.52. The second-order valence-electron chi connectivity index (χ2n) is 6.88. The lowest BCUT2D eigenvalue weighted by molar-refractivity contribution is 0.0188. The predicted molar refractivity (Wildman–Crippen MR) is 89.8 cm³/mol. The molecule has 23 heavy (non-hydrogen) atoms. The number of piperidine rings is 1. The van der Waals surface area contributed by atoms with E-state index in [1.807, 2.05) is 32.9 Å². The summed E-state index contributed by atoms with van der Waals surface area (Å²) in [5.74, 6) is 1.16. The molecule has 2 heterocycles. The van der Waals surface area contributed by atoms with Gasteiger partial charge < -0.3 is 19.7 Å². The molecule has 1 aliphatic heterocycles. The van der Waals surface area contributed by atoms with Gasteiger partial charge >= 0.3 is 6.09 Å². The van der Waals surface area contributed by atoms with Gasteiger partial charge in [-0.15, -0.1) is 0 Å². The van der Waals surface area contributed by atoms with Crippen LogP contribution in [0.1, 0.15) is 33.6 Å². The maximum atomic E-state index is 12.0. The van der Waals surface area contributed by atoms with Crippen LogP contribution < -0.4 is 10.1 Å². The summed E-state index contributed by atoms with van der Waals surface area (Å²) in [5, 5.41) is 3.40. The molecule has 2 rings (SSSR count). The highest BCUT2D eigenvalue weighted by Gasteiger charge is 2.26. The summed E-state index contributed by atoms with van der Waals surface area (Å²) in [6.07, 6.45) is 3.53. The van der Waals surface area contributed by atoms with E-state index in [1.54, 1.807) is 18.2 Å². The molecule has 1 saturated heterocycles. The summed E-state index contributed by atoms with van der Waals surface area (Å²) in [5.41, 5.74) is 0.553. The Labute approximate surface area is 138 Å². The van der Waals surface area contributed by atoms with Crippen LogP contribution in [0.15, 0.2) is 18.3 Å². The maximum Gasteiger partial charge on any atom is 0.410 e. The van der Waals surface area contributed by atoms with Gasteiger partial charge in [-0.3, -0.25) is 0 Å². The Morgan fingerprint density at radius 3 is 2.57 bits per heavy atom. The Morgan fingerprint density at radius 2 is 2.04 bits per heavy atom. The maximum absolute atomic E-state index is 12.0. The van der Waals surface area contributed by atoms with Crippen LogP contribution in [0.5, 0.6) is 5.88 Å². The van der Waals surface area contributed by atoms with Gasteiger partial charge in [0, 0.05) is 25.7 Å². The van der Waals surface area contributed by atoms with E-state index < -0.39 is 5.60 Å². The number of ether oxygens (including phenoxy) is 2. The molecular weight excluding hydrogens is 294 g/mol. The molecule has 0 saturated carbocycles. The number of nitrogens with zero attached hydrogens (tertiary/aromatic N) is 2. The van der Waals surface area contributed by atoms with E-state index in [9.17, 15) is 4.79 Å².